The van der Waals surface area contributed by atoms with Gasteiger partial charge in [-0.15, -0.1) is 0 Å². The number of alkyl halides is 6. The topological polar surface area (TPSA) is 264 Å². The Hall–Kier alpha value is -11.1. The Balaban J connectivity index is 0.000000180. The van der Waals surface area contributed by atoms with E-state index in [-0.39, 0.29) is 46.0 Å². The van der Waals surface area contributed by atoms with Crippen molar-refractivity contribution < 1.29 is 79.0 Å². The molecule has 6 heterocycles. The first kappa shape index (κ1) is 81.9. The van der Waals surface area contributed by atoms with Crippen molar-refractivity contribution in [3.63, 3.8) is 0 Å². The summed E-state index contributed by atoms with van der Waals surface area (Å²) in [6.07, 6.45) is 0.786. The standard InChI is InChI=1S/2C26H25ClF3N5O3.C25H23ClF3N5O2/c1-4-21(34-24(36)12-38-26(29)30)18-9-16(28)10-20(27)19(18)11-37-23-7-5-6-17-22(8-14(2)33-25(17)23)35-15(3)31-13-32-35;1-4-35-25(31-13-32-35)19-8-14(2)33-24-17(19)6-5-7-22(24)37-11-20-18(9-16(28)10-21(20)27)15(3)34-23(36)12-38-26(29)30;1-13-7-18(25-30-12-31-34(25)3)16-5-4-6-21(24(16)32-13)36-11-19-17(8-15(27)9-20(19)26)14(2)33-23(35)10-22(28)29/h5-10,13,21,26H,4,11-12H2,1-3H3,(H,34,36);5-10,13,15,26H,4,11-12H2,1-3H3,(H,34,36);4-9,12,14,22H,10-11H2,1-3H3,(H,33,35)/t21-;15-;14-/m000/s1/i;;14D. The molecule has 588 valence electrons. The van der Waals surface area contributed by atoms with Crippen molar-refractivity contribution >= 4 is 85.2 Å². The van der Waals surface area contributed by atoms with E-state index in [0.717, 1.165) is 68.6 Å². The van der Waals surface area contributed by atoms with Crippen molar-refractivity contribution in [1.29, 1.82) is 0 Å². The highest BCUT2D eigenvalue weighted by Crippen LogP contribution is 2.39. The maximum absolute atomic E-state index is 14.3. The minimum Gasteiger partial charge on any atom is -0.487 e. The number of fused-ring (bicyclic) bond motifs is 3. The van der Waals surface area contributed by atoms with Gasteiger partial charge in [0, 0.05) is 74.7 Å². The number of rotatable bonds is 28. The summed E-state index contributed by atoms with van der Waals surface area (Å²) in [5.41, 5.74) is 8.10. The maximum Gasteiger partial charge on any atom is 0.345 e. The monoisotopic (exact) mass is 1610 g/mol. The first-order valence-electron chi connectivity index (χ1n) is 34.9. The molecule has 6 aromatic heterocycles. The summed E-state index contributed by atoms with van der Waals surface area (Å²) in [5, 5.41) is 22.5. The number of aromatic nitrogens is 12. The minimum absolute atomic E-state index is 0.0238. The molecular weight excluding hydrogens is 1540 g/mol. The van der Waals surface area contributed by atoms with Crippen LogP contribution in [0.4, 0.5) is 39.5 Å². The van der Waals surface area contributed by atoms with Crippen molar-refractivity contribution in [2.45, 2.75) is 132 Å². The molecule has 0 spiro atoms. The fourth-order valence-corrected chi connectivity index (χ4v) is 13.0. The second kappa shape index (κ2) is 37.8. The van der Waals surface area contributed by atoms with Crippen LogP contribution in [-0.2, 0) is 57.3 Å². The quantitative estimate of drug-likeness (QED) is 0.0385. The highest BCUT2D eigenvalue weighted by atomic mass is 35.5. The van der Waals surface area contributed by atoms with Crippen LogP contribution in [0.25, 0.3) is 61.2 Å². The molecule has 12 rings (SSSR count). The van der Waals surface area contributed by atoms with E-state index in [1.165, 1.54) is 38.0 Å². The van der Waals surface area contributed by atoms with Crippen LogP contribution in [0.3, 0.4) is 0 Å². The number of pyridine rings is 3. The van der Waals surface area contributed by atoms with Crippen LogP contribution in [0, 0.1) is 45.1 Å². The Morgan fingerprint density at radius 1 is 0.527 bits per heavy atom. The number of halogens is 12. The van der Waals surface area contributed by atoms with Gasteiger partial charge in [0.2, 0.25) is 24.1 Å². The summed E-state index contributed by atoms with van der Waals surface area (Å²) in [6.45, 7) is 6.41. The summed E-state index contributed by atoms with van der Waals surface area (Å²) in [6, 6.07) is 25.4. The van der Waals surface area contributed by atoms with Gasteiger partial charge in [0.25, 0.3) is 0 Å². The Morgan fingerprint density at radius 2 is 0.973 bits per heavy atom. The van der Waals surface area contributed by atoms with E-state index in [2.05, 4.69) is 70.6 Å². The van der Waals surface area contributed by atoms with Crippen LogP contribution in [0.1, 0.15) is 116 Å². The number of para-hydroxylation sites is 3. The number of ether oxygens (including phenoxy) is 5. The molecule has 3 atom stereocenters. The second-order valence-electron chi connectivity index (χ2n) is 25.1. The molecule has 0 fully saturated rings. The number of hydrogen-bond acceptors (Lipinski definition) is 17. The number of nitrogens with zero attached hydrogens (tertiary/aromatic N) is 12. The minimum atomic E-state index is -3.08. The van der Waals surface area contributed by atoms with Crippen LogP contribution >= 0.6 is 34.8 Å². The molecule has 12 aromatic rings. The van der Waals surface area contributed by atoms with Gasteiger partial charge in [0.15, 0.2) is 11.6 Å². The Labute approximate surface area is 651 Å². The number of nitrogens with one attached hydrogen (secondary N) is 3. The Morgan fingerprint density at radius 3 is 1.46 bits per heavy atom. The predicted octanol–water partition coefficient (Wildman–Crippen LogP) is 16.8. The van der Waals surface area contributed by atoms with E-state index in [9.17, 15) is 53.9 Å². The largest absolute Gasteiger partial charge is 0.487 e. The first-order chi connectivity index (χ1) is 53.8. The number of aryl methyl sites for hydroxylation is 6. The number of carbonyl (C=O) groups excluding carboxylic acids is 3. The van der Waals surface area contributed by atoms with E-state index in [1.54, 1.807) is 59.2 Å². The summed E-state index contributed by atoms with van der Waals surface area (Å²) < 4.78 is 157. The maximum atomic E-state index is 14.3. The highest BCUT2D eigenvalue weighted by molar-refractivity contribution is 6.32. The summed E-state index contributed by atoms with van der Waals surface area (Å²) in [5.74, 6) is -1.23. The molecule has 35 heteroatoms. The fourth-order valence-electron chi connectivity index (χ4n) is 12.2. The third-order valence-electron chi connectivity index (χ3n) is 17.2. The van der Waals surface area contributed by atoms with Gasteiger partial charge in [0.1, 0.15) is 109 Å². The fraction of sp³-hybridized carbons (Fsp3) is 0.299. The van der Waals surface area contributed by atoms with Gasteiger partial charge in [-0.1, -0.05) is 78.1 Å². The molecule has 6 aromatic carbocycles. The molecule has 0 aliphatic rings. The second-order valence-corrected chi connectivity index (χ2v) is 26.3. The van der Waals surface area contributed by atoms with Gasteiger partial charge < -0.3 is 39.6 Å². The summed E-state index contributed by atoms with van der Waals surface area (Å²) in [7, 11) is 1.78. The summed E-state index contributed by atoms with van der Waals surface area (Å²) in [4.78, 5) is 63.0. The van der Waals surface area contributed by atoms with Crippen molar-refractivity contribution in [3.05, 3.63) is 217 Å². The summed E-state index contributed by atoms with van der Waals surface area (Å²) >= 11 is 19.1. The van der Waals surface area contributed by atoms with E-state index in [1.807, 2.05) is 83.1 Å². The molecular formula is C77H73Cl3F9N15O8. The van der Waals surface area contributed by atoms with Crippen molar-refractivity contribution in [2.24, 2.45) is 7.05 Å². The van der Waals surface area contributed by atoms with Crippen LogP contribution < -0.4 is 30.2 Å². The molecule has 0 saturated carbocycles. The smallest absolute Gasteiger partial charge is 0.345 e. The average Bonchev–Trinajstić information content (AvgIpc) is 1.73. The van der Waals surface area contributed by atoms with E-state index < -0.39 is 92.6 Å². The van der Waals surface area contributed by atoms with Crippen molar-refractivity contribution in [3.8, 4) is 45.7 Å². The lowest BCUT2D eigenvalue weighted by molar-refractivity contribution is -0.152. The van der Waals surface area contributed by atoms with Crippen LogP contribution in [-0.4, -0.2) is 110 Å². The lowest BCUT2D eigenvalue weighted by Crippen LogP contribution is -2.32. The molecule has 3 N–H and O–H groups in total. The van der Waals surface area contributed by atoms with Gasteiger partial charge in [-0.3, -0.25) is 14.4 Å². The molecule has 0 bridgehead atoms. The molecule has 0 unspecified atom stereocenters. The van der Waals surface area contributed by atoms with Gasteiger partial charge in [0.05, 0.1) is 46.6 Å². The average molecular weight is 1610 g/mol. The molecule has 23 nitrogen and oxygen atoms in total. The number of benzene rings is 6. The predicted molar refractivity (Wildman–Crippen MR) is 400 cm³/mol. The zero-order chi connectivity index (χ0) is 81.7. The van der Waals surface area contributed by atoms with E-state index in [0.29, 0.717) is 92.2 Å². The Bertz CT molecular complexity index is 5450. The first-order valence-corrected chi connectivity index (χ1v) is 35.5. The normalized spacial score (nSPS) is 12.6. The lowest BCUT2D eigenvalue weighted by atomic mass is 9.98. The van der Waals surface area contributed by atoms with E-state index >= 15 is 0 Å². The van der Waals surface area contributed by atoms with Gasteiger partial charge in [-0.2, -0.15) is 32.9 Å². The molecule has 112 heavy (non-hydrogen) atoms. The van der Waals surface area contributed by atoms with Crippen LogP contribution in [0.2, 0.25) is 15.1 Å². The zero-order valence-corrected chi connectivity index (χ0v) is 63.6. The highest BCUT2D eigenvalue weighted by Gasteiger charge is 2.26. The number of carbonyl (C=O) groups is 3. The van der Waals surface area contributed by atoms with Crippen molar-refractivity contribution in [2.75, 3.05) is 13.2 Å². The number of amides is 3. The third kappa shape index (κ3) is 20.7. The lowest BCUT2D eigenvalue weighted by Gasteiger charge is -2.22. The third-order valence-corrected chi connectivity index (χ3v) is 18.2. The Kier molecular flexibility index (Phi) is 27.6. The van der Waals surface area contributed by atoms with Gasteiger partial charge in [-0.05, 0) is 144 Å². The molecule has 0 saturated heterocycles. The molecule has 0 aliphatic carbocycles. The SMILES string of the molecule is CC[C@H](NC(=O)COC(F)F)c1cc(F)cc(Cl)c1COc1cccc2c(-n3ncnc3C)cc(C)nc12.CCn1ncnc1-c1cc(C)nc2c(OCc3c(Cl)cc(F)cc3[C@H](C)NC(=O)COC(F)F)cccc12.[2H][C@@](C)(NC(=O)CC(F)F)c1cc(F)cc(Cl)c1COc1cccc2c(-c3ncnn3C)cc(C)nc12. The number of hydrogen-bond donors (Lipinski definition) is 3. The van der Waals surface area contributed by atoms with Crippen LogP contribution in [0.5, 0.6) is 17.2 Å². The van der Waals surface area contributed by atoms with Crippen LogP contribution in [0.15, 0.2) is 128 Å². The molecule has 0 radical (unpaired) electrons. The molecule has 3 amide bonds. The molecule has 0 aliphatic heterocycles. The van der Waals surface area contributed by atoms with Crippen molar-refractivity contribution in [1.82, 2.24) is 75.2 Å². The van der Waals surface area contributed by atoms with E-state index in [4.69, 9.17) is 50.4 Å². The van der Waals surface area contributed by atoms with Gasteiger partial charge in [-0.25, -0.2) is 65.9 Å². The van der Waals surface area contributed by atoms with Gasteiger partial charge >= 0.3 is 13.2 Å². The zero-order valence-electron chi connectivity index (χ0n) is 62.3.